The van der Waals surface area contributed by atoms with Crippen molar-refractivity contribution >= 4 is 43.6 Å². The van der Waals surface area contributed by atoms with Gasteiger partial charge in [0.05, 0.1) is 62.3 Å². The molecule has 0 aliphatic carbocycles. The highest BCUT2D eigenvalue weighted by atomic mass is 19.4. The van der Waals surface area contributed by atoms with Gasteiger partial charge < -0.3 is 9.13 Å². The third kappa shape index (κ3) is 6.69. The Bertz CT molecular complexity index is 3840. The Morgan fingerprint density at radius 1 is 0.379 bits per heavy atom. The number of hydrogen-bond donors (Lipinski definition) is 0. The first kappa shape index (κ1) is 40.1. The van der Waals surface area contributed by atoms with Crippen molar-refractivity contribution in [3.05, 3.63) is 216 Å². The van der Waals surface area contributed by atoms with Crippen LogP contribution in [0, 0.1) is 36.5 Å². The lowest BCUT2D eigenvalue weighted by Gasteiger charge is -2.21. The number of nitrogens with zero attached hydrogens (tertiary/aromatic N) is 4. The third-order valence-corrected chi connectivity index (χ3v) is 12.8. The molecule has 314 valence electrons. The van der Waals surface area contributed by atoms with Gasteiger partial charge in [-0.15, -0.1) is 0 Å². The highest BCUT2D eigenvalue weighted by molar-refractivity contribution is 6.13. The Morgan fingerprint density at radius 2 is 0.833 bits per heavy atom. The second-order valence-electron chi connectivity index (χ2n) is 16.8. The van der Waals surface area contributed by atoms with Gasteiger partial charge in [0, 0.05) is 32.7 Å². The Balaban J connectivity index is 1.22. The highest BCUT2D eigenvalue weighted by Gasteiger charge is 2.34. The number of fused-ring (bicyclic) bond motifs is 6. The Labute approximate surface area is 378 Å². The quantitative estimate of drug-likeness (QED) is 0.167. The van der Waals surface area contributed by atoms with Crippen molar-refractivity contribution in [3.8, 4) is 68.0 Å². The Hall–Kier alpha value is -8.65. The van der Waals surface area contributed by atoms with Gasteiger partial charge in [0.2, 0.25) is 0 Å². The molecule has 0 aliphatic rings. The lowest BCUT2D eigenvalue weighted by Crippen LogP contribution is -2.08. The molecule has 0 amide bonds. The first-order valence-corrected chi connectivity index (χ1v) is 21.6. The molecule has 0 atom stereocenters. The van der Waals surface area contributed by atoms with E-state index in [9.17, 15) is 23.7 Å². The summed E-state index contributed by atoms with van der Waals surface area (Å²) < 4.78 is 49.2. The zero-order valence-corrected chi connectivity index (χ0v) is 35.8. The number of rotatable bonds is 6. The first-order chi connectivity index (χ1) is 32.1. The normalized spacial score (nSPS) is 11.7. The fraction of sp³-hybridized carbons (Fsp3) is 0.0508. The molecule has 9 aromatic carbocycles. The molecule has 0 unspecified atom stereocenters. The van der Waals surface area contributed by atoms with E-state index < -0.39 is 11.7 Å². The standard InChI is InChI=1S/C59H37F3N4/c1-36-11-17-40(18-12-36)42-21-26-55-49(31-42)46-7-3-5-9-53(46)65(55)56-28-23-44(45-24-15-38(34-63)29-52(45)59(60,61)62)33-51(56)48-25-16-39(35-64)30-58(48)66-54-10-6-4-8-47(54)50-32-43(22-27-57(50)66)41-19-13-37(2)14-20-41/h3-33H,1-2H3. The average molecular weight is 859 g/mol. The van der Waals surface area contributed by atoms with Gasteiger partial charge in [-0.1, -0.05) is 126 Å². The minimum Gasteiger partial charge on any atom is -0.309 e. The van der Waals surface area contributed by atoms with E-state index in [4.69, 9.17) is 0 Å². The molecule has 0 saturated heterocycles. The van der Waals surface area contributed by atoms with E-state index >= 15 is 0 Å². The lowest BCUT2D eigenvalue weighted by molar-refractivity contribution is -0.137. The number of hydrogen-bond acceptors (Lipinski definition) is 2. The molecule has 0 fully saturated rings. The fourth-order valence-electron chi connectivity index (χ4n) is 9.54. The van der Waals surface area contributed by atoms with Gasteiger partial charge in [-0.2, -0.15) is 23.7 Å². The minimum absolute atomic E-state index is 0.0463. The average Bonchev–Trinajstić information content (AvgIpc) is 3.85. The molecule has 0 aliphatic heterocycles. The van der Waals surface area contributed by atoms with E-state index in [0.29, 0.717) is 27.9 Å². The van der Waals surface area contributed by atoms with Gasteiger partial charge in [0.25, 0.3) is 0 Å². The van der Waals surface area contributed by atoms with Gasteiger partial charge >= 0.3 is 6.18 Å². The molecule has 11 aromatic rings. The van der Waals surface area contributed by atoms with Gasteiger partial charge in [-0.05, 0) is 120 Å². The van der Waals surface area contributed by atoms with Gasteiger partial charge in [-0.3, -0.25) is 0 Å². The molecule has 4 nitrogen and oxygen atoms in total. The number of nitriles is 2. The van der Waals surface area contributed by atoms with Crippen molar-refractivity contribution in [2.24, 2.45) is 0 Å². The molecule has 7 heteroatoms. The van der Waals surface area contributed by atoms with Crippen molar-refractivity contribution in [2.75, 3.05) is 0 Å². The molecular formula is C59H37F3N4. The van der Waals surface area contributed by atoms with Crippen LogP contribution in [-0.4, -0.2) is 9.13 Å². The molecule has 0 saturated carbocycles. The van der Waals surface area contributed by atoms with Crippen LogP contribution >= 0.6 is 0 Å². The lowest BCUT2D eigenvalue weighted by atomic mass is 9.92. The van der Waals surface area contributed by atoms with Crippen molar-refractivity contribution in [1.82, 2.24) is 9.13 Å². The summed E-state index contributed by atoms with van der Waals surface area (Å²) in [5.41, 5.74) is 12.8. The maximum Gasteiger partial charge on any atom is 0.417 e. The summed E-state index contributed by atoms with van der Waals surface area (Å²) in [5, 5.41) is 24.2. The van der Waals surface area contributed by atoms with Crippen molar-refractivity contribution in [1.29, 1.82) is 10.5 Å². The van der Waals surface area contributed by atoms with Crippen LogP contribution in [0.4, 0.5) is 13.2 Å². The molecule has 0 radical (unpaired) electrons. The van der Waals surface area contributed by atoms with E-state index in [1.807, 2.05) is 54.6 Å². The van der Waals surface area contributed by atoms with E-state index in [0.717, 1.165) is 77.6 Å². The van der Waals surface area contributed by atoms with E-state index in [1.54, 1.807) is 12.1 Å². The number of para-hydroxylation sites is 2. The topological polar surface area (TPSA) is 57.4 Å². The highest BCUT2D eigenvalue weighted by Crippen LogP contribution is 2.45. The zero-order valence-electron chi connectivity index (χ0n) is 35.8. The predicted molar refractivity (Wildman–Crippen MR) is 261 cm³/mol. The monoisotopic (exact) mass is 858 g/mol. The summed E-state index contributed by atoms with van der Waals surface area (Å²) in [7, 11) is 0. The molecule has 0 N–H and O–H groups in total. The Kier molecular flexibility index (Phi) is 9.46. The summed E-state index contributed by atoms with van der Waals surface area (Å²) in [4.78, 5) is 0. The first-order valence-electron chi connectivity index (χ1n) is 21.6. The van der Waals surface area contributed by atoms with E-state index in [2.05, 4.69) is 138 Å². The summed E-state index contributed by atoms with van der Waals surface area (Å²) in [5.74, 6) is 0. The maximum absolute atomic E-state index is 14.9. The fourth-order valence-corrected chi connectivity index (χ4v) is 9.54. The van der Waals surface area contributed by atoms with Crippen molar-refractivity contribution in [2.45, 2.75) is 20.0 Å². The van der Waals surface area contributed by atoms with Crippen LogP contribution in [0.15, 0.2) is 188 Å². The zero-order chi connectivity index (χ0) is 45.3. The van der Waals surface area contributed by atoms with Crippen LogP contribution in [0.3, 0.4) is 0 Å². The summed E-state index contributed by atoms with van der Waals surface area (Å²) >= 11 is 0. The van der Waals surface area contributed by atoms with Crippen LogP contribution in [-0.2, 0) is 6.18 Å². The van der Waals surface area contributed by atoms with Gasteiger partial charge in [0.1, 0.15) is 0 Å². The van der Waals surface area contributed by atoms with Gasteiger partial charge in [0.15, 0.2) is 0 Å². The second kappa shape index (κ2) is 15.6. The van der Waals surface area contributed by atoms with Crippen LogP contribution < -0.4 is 0 Å². The summed E-state index contributed by atoms with van der Waals surface area (Å²) in [6, 6.07) is 65.0. The van der Waals surface area contributed by atoms with E-state index in [1.165, 1.54) is 23.3 Å². The molecular weight excluding hydrogens is 822 g/mol. The second-order valence-corrected chi connectivity index (χ2v) is 16.8. The molecule has 0 spiro atoms. The summed E-state index contributed by atoms with van der Waals surface area (Å²) in [6.45, 7) is 4.13. The molecule has 66 heavy (non-hydrogen) atoms. The van der Waals surface area contributed by atoms with E-state index in [-0.39, 0.29) is 11.1 Å². The minimum atomic E-state index is -4.73. The van der Waals surface area contributed by atoms with Crippen molar-refractivity contribution in [3.63, 3.8) is 0 Å². The number of aromatic nitrogens is 2. The smallest absolute Gasteiger partial charge is 0.309 e. The SMILES string of the molecule is Cc1ccc(-c2ccc3c(c2)c2ccccc2n3-c2ccc(-c3ccc(C#N)cc3C(F)(F)F)cc2-c2ccc(C#N)cc2-n2c3ccccc3c3cc(-c4ccc(C)cc4)ccc32)cc1. The number of halogens is 3. The predicted octanol–water partition coefficient (Wildman–Crippen LogP) is 15.9. The Morgan fingerprint density at radius 3 is 1.36 bits per heavy atom. The largest absolute Gasteiger partial charge is 0.417 e. The number of alkyl halides is 3. The van der Waals surface area contributed by atoms with Crippen LogP contribution in [0.25, 0.3) is 99.5 Å². The number of benzene rings is 9. The van der Waals surface area contributed by atoms with Crippen LogP contribution in [0.1, 0.15) is 27.8 Å². The van der Waals surface area contributed by atoms with Crippen molar-refractivity contribution < 1.29 is 13.2 Å². The molecule has 2 aromatic heterocycles. The van der Waals surface area contributed by atoms with Crippen LogP contribution in [0.2, 0.25) is 0 Å². The molecule has 0 bridgehead atoms. The third-order valence-electron chi connectivity index (χ3n) is 12.8. The molecule has 2 heterocycles. The number of aryl methyl sites for hydroxylation is 2. The maximum atomic E-state index is 14.9. The van der Waals surface area contributed by atoms with Gasteiger partial charge in [-0.25, -0.2) is 0 Å². The summed E-state index contributed by atoms with van der Waals surface area (Å²) in [6.07, 6.45) is -4.73. The van der Waals surface area contributed by atoms with Crippen LogP contribution in [0.5, 0.6) is 0 Å². The molecule has 11 rings (SSSR count).